The largest absolute Gasteiger partial charge is 0.437 e. The van der Waals surface area contributed by atoms with Gasteiger partial charge in [-0.1, -0.05) is 30.3 Å². The van der Waals surface area contributed by atoms with Crippen molar-refractivity contribution in [2.24, 2.45) is 0 Å². The number of benzene rings is 2. The molecule has 0 spiro atoms. The van der Waals surface area contributed by atoms with Crippen LogP contribution in [0.2, 0.25) is 0 Å². The lowest BCUT2D eigenvalue weighted by Gasteiger charge is -2.22. The molecule has 2 aromatic carbocycles. The van der Waals surface area contributed by atoms with Gasteiger partial charge in [0.05, 0.1) is 6.04 Å². The van der Waals surface area contributed by atoms with Crippen molar-refractivity contribution in [3.8, 4) is 11.5 Å². The molecule has 146 valence electrons. The van der Waals surface area contributed by atoms with Crippen molar-refractivity contribution in [1.82, 2.24) is 20.0 Å². The molecule has 1 atom stereocenters. The van der Waals surface area contributed by atoms with Gasteiger partial charge in [-0.2, -0.15) is 4.68 Å². The Morgan fingerprint density at radius 3 is 2.50 bits per heavy atom. The summed E-state index contributed by atoms with van der Waals surface area (Å²) in [6.07, 6.45) is 0. The molecule has 0 radical (unpaired) electrons. The zero-order valence-electron chi connectivity index (χ0n) is 15.6. The molecule has 0 saturated heterocycles. The van der Waals surface area contributed by atoms with E-state index in [4.69, 9.17) is 4.42 Å². The summed E-state index contributed by atoms with van der Waals surface area (Å²) >= 11 is 0. The van der Waals surface area contributed by atoms with Crippen LogP contribution in [0.1, 0.15) is 11.6 Å². The number of amides is 1. The van der Waals surface area contributed by atoms with Gasteiger partial charge in [0, 0.05) is 12.1 Å². The smallest absolute Gasteiger partial charge is 0.388 e. The Morgan fingerprint density at radius 2 is 1.86 bits per heavy atom. The number of aromatic nitrogens is 2. The fourth-order valence-corrected chi connectivity index (χ4v) is 2.78. The first kappa shape index (κ1) is 19.5. The number of hydrogen-bond acceptors (Lipinski definition) is 5. The highest BCUT2D eigenvalue weighted by Gasteiger charge is 2.18. The molecule has 0 saturated carbocycles. The molecule has 1 aromatic heterocycles. The molecule has 1 N–H and O–H groups in total. The number of halogens is 1. The molecule has 0 bridgehead atoms. The fraction of sp³-hybridized carbons (Fsp3) is 0.250. The molecule has 7 nitrogen and oxygen atoms in total. The van der Waals surface area contributed by atoms with Crippen molar-refractivity contribution in [3.63, 3.8) is 0 Å². The quantitative estimate of drug-likeness (QED) is 0.675. The summed E-state index contributed by atoms with van der Waals surface area (Å²) in [7, 11) is 3.83. The molecule has 8 heteroatoms. The average Bonchev–Trinajstić information content (AvgIpc) is 3.02. The van der Waals surface area contributed by atoms with Crippen molar-refractivity contribution < 1.29 is 13.6 Å². The summed E-state index contributed by atoms with van der Waals surface area (Å²) in [6.45, 7) is 0.324. The second kappa shape index (κ2) is 8.62. The predicted octanol–water partition coefficient (Wildman–Crippen LogP) is 2.06. The van der Waals surface area contributed by atoms with Crippen LogP contribution in [0.15, 0.2) is 63.8 Å². The maximum absolute atomic E-state index is 13.0. The second-order valence-corrected chi connectivity index (χ2v) is 6.63. The lowest BCUT2D eigenvalue weighted by atomic mass is 10.1. The van der Waals surface area contributed by atoms with Crippen LogP contribution in [-0.4, -0.2) is 41.2 Å². The Kier molecular flexibility index (Phi) is 6.00. The predicted molar refractivity (Wildman–Crippen MR) is 102 cm³/mol. The van der Waals surface area contributed by atoms with Crippen LogP contribution < -0.4 is 11.1 Å². The van der Waals surface area contributed by atoms with Crippen molar-refractivity contribution in [3.05, 3.63) is 76.5 Å². The number of likely N-dealkylation sites (N-methyl/N-ethyl adjacent to an activating group) is 1. The zero-order valence-corrected chi connectivity index (χ0v) is 15.6. The molecule has 0 fully saturated rings. The third-order valence-corrected chi connectivity index (χ3v) is 4.08. The standard InChI is InChI=1S/C20H21FN4O3/c1-24(2)12-17(14-6-4-3-5-7-14)22-18(26)13-25-20(27)28-19(23-25)15-8-10-16(21)11-9-15/h3-11,17H,12-13H2,1-2H3,(H,22,26)/t17-/m1/s1. The minimum Gasteiger partial charge on any atom is -0.388 e. The number of rotatable bonds is 7. The van der Waals surface area contributed by atoms with Crippen LogP contribution in [0.4, 0.5) is 4.39 Å². The van der Waals surface area contributed by atoms with Gasteiger partial charge in [-0.05, 0) is 43.9 Å². The molecule has 1 heterocycles. The summed E-state index contributed by atoms with van der Waals surface area (Å²) in [6, 6.07) is 14.7. The Hall–Kier alpha value is -3.26. The van der Waals surface area contributed by atoms with E-state index in [1.54, 1.807) is 0 Å². The minimum absolute atomic E-state index is 0.0331. The zero-order chi connectivity index (χ0) is 20.1. The molecule has 0 unspecified atom stereocenters. The van der Waals surface area contributed by atoms with Gasteiger partial charge in [0.2, 0.25) is 11.8 Å². The van der Waals surface area contributed by atoms with Crippen LogP contribution in [-0.2, 0) is 11.3 Å². The highest BCUT2D eigenvalue weighted by atomic mass is 19.1. The van der Waals surface area contributed by atoms with E-state index < -0.39 is 11.6 Å². The van der Waals surface area contributed by atoms with Crippen molar-refractivity contribution >= 4 is 5.91 Å². The second-order valence-electron chi connectivity index (χ2n) is 6.63. The highest BCUT2D eigenvalue weighted by molar-refractivity contribution is 5.76. The first-order valence-corrected chi connectivity index (χ1v) is 8.75. The highest BCUT2D eigenvalue weighted by Crippen LogP contribution is 2.16. The van der Waals surface area contributed by atoms with Gasteiger partial charge < -0.3 is 14.6 Å². The molecule has 1 amide bonds. The first-order valence-electron chi connectivity index (χ1n) is 8.75. The van der Waals surface area contributed by atoms with Gasteiger partial charge in [-0.3, -0.25) is 4.79 Å². The monoisotopic (exact) mass is 384 g/mol. The van der Waals surface area contributed by atoms with E-state index in [1.165, 1.54) is 24.3 Å². The van der Waals surface area contributed by atoms with Crippen LogP contribution in [0, 0.1) is 5.82 Å². The molecule has 3 aromatic rings. The summed E-state index contributed by atoms with van der Waals surface area (Å²) in [5, 5.41) is 6.96. The number of hydrogen-bond donors (Lipinski definition) is 1. The summed E-state index contributed by atoms with van der Waals surface area (Å²) in [4.78, 5) is 26.5. The first-order chi connectivity index (χ1) is 13.4. The topological polar surface area (TPSA) is 80.4 Å². The molecule has 0 aliphatic rings. The van der Waals surface area contributed by atoms with Crippen LogP contribution in [0.5, 0.6) is 0 Å². The molecule has 28 heavy (non-hydrogen) atoms. The molecular formula is C20H21FN4O3. The number of carbonyl (C=O) groups excluding carboxylic acids is 1. The van der Waals surface area contributed by atoms with E-state index in [0.29, 0.717) is 12.1 Å². The van der Waals surface area contributed by atoms with Crippen LogP contribution in [0.3, 0.4) is 0 Å². The van der Waals surface area contributed by atoms with Crippen molar-refractivity contribution in [2.45, 2.75) is 12.6 Å². The van der Waals surface area contributed by atoms with Crippen LogP contribution >= 0.6 is 0 Å². The lowest BCUT2D eigenvalue weighted by Crippen LogP contribution is -2.38. The Labute approximate surface area is 161 Å². The molecule has 0 aliphatic heterocycles. The van der Waals surface area contributed by atoms with Crippen molar-refractivity contribution in [1.29, 1.82) is 0 Å². The Morgan fingerprint density at radius 1 is 1.18 bits per heavy atom. The maximum atomic E-state index is 13.0. The normalized spacial score (nSPS) is 12.1. The molecule has 0 aliphatic carbocycles. The van der Waals surface area contributed by atoms with E-state index in [-0.39, 0.29) is 24.4 Å². The van der Waals surface area contributed by atoms with E-state index in [9.17, 15) is 14.0 Å². The average molecular weight is 384 g/mol. The summed E-state index contributed by atoms with van der Waals surface area (Å²) < 4.78 is 19.1. The number of nitrogens with one attached hydrogen (secondary N) is 1. The van der Waals surface area contributed by atoms with Gasteiger partial charge in [-0.25, -0.2) is 9.18 Å². The summed E-state index contributed by atoms with van der Waals surface area (Å²) in [5.41, 5.74) is 1.41. The van der Waals surface area contributed by atoms with Crippen LogP contribution in [0.25, 0.3) is 11.5 Å². The number of nitrogens with zero attached hydrogens (tertiary/aromatic N) is 3. The lowest BCUT2D eigenvalue weighted by molar-refractivity contribution is -0.122. The third kappa shape index (κ3) is 4.92. The summed E-state index contributed by atoms with van der Waals surface area (Å²) in [5.74, 6) is -1.49. The maximum Gasteiger partial charge on any atom is 0.437 e. The molecular weight excluding hydrogens is 363 g/mol. The minimum atomic E-state index is -0.752. The van der Waals surface area contributed by atoms with E-state index in [2.05, 4.69) is 10.4 Å². The SMILES string of the molecule is CN(C)C[C@@H](NC(=O)Cn1nc(-c2ccc(F)cc2)oc1=O)c1ccccc1. The van der Waals surface area contributed by atoms with E-state index in [0.717, 1.165) is 10.2 Å². The number of carbonyl (C=O) groups is 1. The van der Waals surface area contributed by atoms with Gasteiger partial charge in [0.25, 0.3) is 0 Å². The van der Waals surface area contributed by atoms with Gasteiger partial charge in [0.15, 0.2) is 0 Å². The molecule has 3 rings (SSSR count). The Balaban J connectivity index is 1.73. The van der Waals surface area contributed by atoms with E-state index >= 15 is 0 Å². The third-order valence-electron chi connectivity index (χ3n) is 4.08. The fourth-order valence-electron chi connectivity index (χ4n) is 2.78. The van der Waals surface area contributed by atoms with Gasteiger partial charge in [0.1, 0.15) is 12.4 Å². The Bertz CT molecular complexity index is 981. The van der Waals surface area contributed by atoms with Gasteiger partial charge in [-0.15, -0.1) is 5.10 Å². The van der Waals surface area contributed by atoms with Gasteiger partial charge >= 0.3 is 5.76 Å². The van der Waals surface area contributed by atoms with E-state index in [1.807, 2.05) is 49.3 Å². The van der Waals surface area contributed by atoms with Crippen molar-refractivity contribution in [2.75, 3.05) is 20.6 Å².